The summed E-state index contributed by atoms with van der Waals surface area (Å²) < 4.78 is 5.68. The molecule has 1 heterocycles. The summed E-state index contributed by atoms with van der Waals surface area (Å²) in [6.07, 6.45) is 0.232. The smallest absolute Gasteiger partial charge is 0.119 e. The maximum absolute atomic E-state index is 5.68. The minimum atomic E-state index is 0.232. The normalized spacial score (nSPS) is 20.1. The molecule has 0 saturated carbocycles. The molecule has 0 aromatic heterocycles. The van der Waals surface area contributed by atoms with Gasteiger partial charge in [-0.2, -0.15) is 0 Å². The molecule has 0 bridgehead atoms. The van der Waals surface area contributed by atoms with E-state index in [1.165, 1.54) is 5.69 Å². The molecule has 1 N–H and O–H groups in total. The first-order valence-electron chi connectivity index (χ1n) is 7.31. The van der Waals surface area contributed by atoms with Gasteiger partial charge in [0.1, 0.15) is 5.75 Å². The van der Waals surface area contributed by atoms with E-state index >= 15 is 0 Å². The highest BCUT2D eigenvalue weighted by molar-refractivity contribution is 5.49. The van der Waals surface area contributed by atoms with Crippen molar-refractivity contribution in [3.63, 3.8) is 0 Å². The molecular weight excluding hydrogens is 236 g/mol. The summed E-state index contributed by atoms with van der Waals surface area (Å²) >= 11 is 0. The third kappa shape index (κ3) is 3.87. The first kappa shape index (κ1) is 14.2. The fraction of sp³-hybridized carbons (Fsp3) is 0.625. The number of anilines is 1. The van der Waals surface area contributed by atoms with Crippen LogP contribution in [-0.2, 0) is 0 Å². The van der Waals surface area contributed by atoms with E-state index in [4.69, 9.17) is 4.74 Å². The van der Waals surface area contributed by atoms with Gasteiger partial charge < -0.3 is 15.0 Å². The van der Waals surface area contributed by atoms with Crippen LogP contribution in [0.1, 0.15) is 27.7 Å². The highest BCUT2D eigenvalue weighted by Gasteiger charge is 2.21. The molecule has 1 aliphatic rings. The number of nitrogens with zero attached hydrogens (tertiary/aromatic N) is 1. The molecule has 1 aromatic carbocycles. The van der Waals surface area contributed by atoms with Crippen molar-refractivity contribution in [2.45, 2.75) is 39.8 Å². The highest BCUT2D eigenvalue weighted by atomic mass is 16.5. The van der Waals surface area contributed by atoms with Crippen LogP contribution in [0.5, 0.6) is 5.75 Å². The van der Waals surface area contributed by atoms with Crippen molar-refractivity contribution in [2.24, 2.45) is 5.92 Å². The Morgan fingerprint density at radius 3 is 2.42 bits per heavy atom. The number of piperazine rings is 1. The zero-order valence-electron chi connectivity index (χ0n) is 12.5. The molecule has 1 fully saturated rings. The van der Waals surface area contributed by atoms with Gasteiger partial charge in [-0.25, -0.2) is 0 Å². The van der Waals surface area contributed by atoms with Crippen molar-refractivity contribution in [3.8, 4) is 5.75 Å². The van der Waals surface area contributed by atoms with E-state index in [0.717, 1.165) is 25.4 Å². The number of hydrogen-bond donors (Lipinski definition) is 1. The Morgan fingerprint density at radius 1 is 1.16 bits per heavy atom. The summed E-state index contributed by atoms with van der Waals surface area (Å²) in [5.41, 5.74) is 1.29. The van der Waals surface area contributed by atoms with Gasteiger partial charge in [0.05, 0.1) is 6.10 Å². The number of hydrogen-bond acceptors (Lipinski definition) is 3. The molecule has 2 rings (SSSR count). The Kier molecular flexibility index (Phi) is 4.70. The van der Waals surface area contributed by atoms with Crippen molar-refractivity contribution in [1.29, 1.82) is 0 Å². The van der Waals surface area contributed by atoms with E-state index in [0.29, 0.717) is 12.0 Å². The van der Waals surface area contributed by atoms with Crippen molar-refractivity contribution in [3.05, 3.63) is 24.3 Å². The Hall–Kier alpha value is -1.22. The Morgan fingerprint density at radius 2 is 1.84 bits per heavy atom. The average molecular weight is 262 g/mol. The van der Waals surface area contributed by atoms with Gasteiger partial charge in [-0.15, -0.1) is 0 Å². The number of ether oxygens (including phenoxy) is 1. The van der Waals surface area contributed by atoms with E-state index < -0.39 is 0 Å². The quantitative estimate of drug-likeness (QED) is 0.903. The van der Waals surface area contributed by atoms with Gasteiger partial charge in [-0.3, -0.25) is 0 Å². The van der Waals surface area contributed by atoms with Crippen LogP contribution in [0.3, 0.4) is 0 Å². The standard InChI is InChI=1S/C16H26N2O/c1-12(2)16-11-18(10-9-17-16)14-5-7-15(8-6-14)19-13(3)4/h5-8,12-13,16-17H,9-11H2,1-4H3. The fourth-order valence-corrected chi connectivity index (χ4v) is 2.47. The molecule has 0 aliphatic carbocycles. The van der Waals surface area contributed by atoms with Crippen LogP contribution < -0.4 is 15.0 Å². The number of nitrogens with one attached hydrogen (secondary N) is 1. The number of rotatable bonds is 4. The fourth-order valence-electron chi connectivity index (χ4n) is 2.47. The third-order valence-electron chi connectivity index (χ3n) is 3.58. The van der Waals surface area contributed by atoms with Crippen LogP contribution in [0.15, 0.2) is 24.3 Å². The lowest BCUT2D eigenvalue weighted by Crippen LogP contribution is -2.52. The van der Waals surface area contributed by atoms with Crippen LogP contribution in [-0.4, -0.2) is 31.8 Å². The van der Waals surface area contributed by atoms with E-state index in [9.17, 15) is 0 Å². The predicted octanol–water partition coefficient (Wildman–Crippen LogP) is 2.91. The summed E-state index contributed by atoms with van der Waals surface area (Å²) in [5.74, 6) is 1.63. The molecule has 0 spiro atoms. The van der Waals surface area contributed by atoms with Crippen LogP contribution in [0.25, 0.3) is 0 Å². The minimum Gasteiger partial charge on any atom is -0.491 e. The van der Waals surface area contributed by atoms with Crippen LogP contribution in [0.2, 0.25) is 0 Å². The van der Waals surface area contributed by atoms with Gasteiger partial charge in [0.2, 0.25) is 0 Å². The second-order valence-corrected chi connectivity index (χ2v) is 5.91. The average Bonchev–Trinajstić information content (AvgIpc) is 2.39. The van der Waals surface area contributed by atoms with Crippen LogP contribution >= 0.6 is 0 Å². The first-order chi connectivity index (χ1) is 9.06. The van der Waals surface area contributed by atoms with E-state index in [1.54, 1.807) is 0 Å². The van der Waals surface area contributed by atoms with Crippen molar-refractivity contribution < 1.29 is 4.74 Å². The molecule has 0 amide bonds. The maximum Gasteiger partial charge on any atom is 0.119 e. The molecule has 3 heteroatoms. The SMILES string of the molecule is CC(C)Oc1ccc(N2CCNC(C(C)C)C2)cc1. The molecule has 19 heavy (non-hydrogen) atoms. The van der Waals surface area contributed by atoms with Gasteiger partial charge in [0, 0.05) is 31.4 Å². The Labute approximate surface area is 116 Å². The van der Waals surface area contributed by atoms with Crippen molar-refractivity contribution in [1.82, 2.24) is 5.32 Å². The molecule has 106 valence electrons. The Balaban J connectivity index is 2.01. The lowest BCUT2D eigenvalue weighted by atomic mass is 10.0. The lowest BCUT2D eigenvalue weighted by molar-refractivity contribution is 0.242. The van der Waals surface area contributed by atoms with Gasteiger partial charge in [-0.05, 0) is 44.0 Å². The van der Waals surface area contributed by atoms with Crippen molar-refractivity contribution in [2.75, 3.05) is 24.5 Å². The molecular formula is C16H26N2O. The largest absolute Gasteiger partial charge is 0.491 e. The monoisotopic (exact) mass is 262 g/mol. The summed E-state index contributed by atoms with van der Waals surface area (Å²) in [4.78, 5) is 2.46. The number of benzene rings is 1. The van der Waals surface area contributed by atoms with Gasteiger partial charge in [0.25, 0.3) is 0 Å². The molecule has 1 aliphatic heterocycles. The summed E-state index contributed by atoms with van der Waals surface area (Å²) in [7, 11) is 0. The maximum atomic E-state index is 5.68. The van der Waals surface area contributed by atoms with E-state index in [2.05, 4.69) is 62.2 Å². The molecule has 0 radical (unpaired) electrons. The first-order valence-corrected chi connectivity index (χ1v) is 7.31. The molecule has 1 unspecified atom stereocenters. The summed E-state index contributed by atoms with van der Waals surface area (Å²) in [6, 6.07) is 9.06. The second kappa shape index (κ2) is 6.29. The zero-order valence-corrected chi connectivity index (χ0v) is 12.5. The molecule has 3 nitrogen and oxygen atoms in total. The molecule has 1 atom stereocenters. The predicted molar refractivity (Wildman–Crippen MR) is 81.0 cm³/mol. The van der Waals surface area contributed by atoms with Gasteiger partial charge >= 0.3 is 0 Å². The highest BCUT2D eigenvalue weighted by Crippen LogP contribution is 2.22. The lowest BCUT2D eigenvalue weighted by Gasteiger charge is -2.37. The summed E-state index contributed by atoms with van der Waals surface area (Å²) in [5, 5.41) is 3.59. The zero-order chi connectivity index (χ0) is 13.8. The Bertz CT molecular complexity index is 386. The minimum absolute atomic E-state index is 0.232. The van der Waals surface area contributed by atoms with Crippen molar-refractivity contribution >= 4 is 5.69 Å². The van der Waals surface area contributed by atoms with Crippen LogP contribution in [0.4, 0.5) is 5.69 Å². The van der Waals surface area contributed by atoms with Crippen LogP contribution in [0, 0.1) is 5.92 Å². The third-order valence-corrected chi connectivity index (χ3v) is 3.58. The van der Waals surface area contributed by atoms with Gasteiger partial charge in [0.15, 0.2) is 0 Å². The van der Waals surface area contributed by atoms with E-state index in [1.807, 2.05) is 0 Å². The summed E-state index contributed by atoms with van der Waals surface area (Å²) in [6.45, 7) is 11.9. The van der Waals surface area contributed by atoms with E-state index in [-0.39, 0.29) is 6.10 Å². The second-order valence-electron chi connectivity index (χ2n) is 5.91. The molecule has 1 saturated heterocycles. The van der Waals surface area contributed by atoms with Gasteiger partial charge in [-0.1, -0.05) is 13.8 Å². The topological polar surface area (TPSA) is 24.5 Å². The molecule has 1 aromatic rings.